The largest absolute Gasteiger partial charge is 0.363 e. The fourth-order valence-electron chi connectivity index (χ4n) is 3.72. The van der Waals surface area contributed by atoms with Crippen LogP contribution in [0, 0.1) is 0 Å². The van der Waals surface area contributed by atoms with Crippen LogP contribution in [-0.4, -0.2) is 78.6 Å². The van der Waals surface area contributed by atoms with E-state index in [-0.39, 0.29) is 30.2 Å². The maximum absolute atomic E-state index is 12.5. The molecule has 0 aromatic heterocycles. The molecule has 3 heterocycles. The van der Waals surface area contributed by atoms with Gasteiger partial charge in [-0.1, -0.05) is 0 Å². The van der Waals surface area contributed by atoms with Gasteiger partial charge >= 0.3 is 6.03 Å². The average Bonchev–Trinajstić information content (AvgIpc) is 3.14. The summed E-state index contributed by atoms with van der Waals surface area (Å²) in [5.74, 6) is 0.0396. The molecule has 3 aliphatic heterocycles. The number of likely N-dealkylation sites (N-methyl/N-ethyl adjacent to an activating group) is 1. The molecule has 6 nitrogen and oxygen atoms in total. The van der Waals surface area contributed by atoms with E-state index in [1.54, 1.807) is 19.0 Å². The summed E-state index contributed by atoms with van der Waals surface area (Å²) in [4.78, 5) is 30.1. The zero-order valence-electron chi connectivity index (χ0n) is 13.0. The number of carbonyl (C=O) groups excluding carboxylic acids is 2. The molecule has 0 N–H and O–H groups in total. The number of carbonyl (C=O) groups is 2. The number of hydrogen-bond donors (Lipinski definition) is 0. The van der Waals surface area contributed by atoms with Crippen molar-refractivity contribution in [3.63, 3.8) is 0 Å². The van der Waals surface area contributed by atoms with Crippen molar-refractivity contribution in [3.05, 3.63) is 0 Å². The molecule has 0 unspecified atom stereocenters. The number of hydrogen-bond acceptors (Lipinski definition) is 3. The van der Waals surface area contributed by atoms with Gasteiger partial charge in [0.1, 0.15) is 6.10 Å². The highest BCUT2D eigenvalue weighted by atomic mass is 16.5. The maximum atomic E-state index is 12.5. The predicted octanol–water partition coefficient (Wildman–Crippen LogP) is 0.912. The fourth-order valence-corrected chi connectivity index (χ4v) is 3.72. The molecule has 0 aromatic carbocycles. The van der Waals surface area contributed by atoms with Gasteiger partial charge in [-0.05, 0) is 32.1 Å². The van der Waals surface area contributed by atoms with Crippen molar-refractivity contribution in [2.45, 2.75) is 50.4 Å². The van der Waals surface area contributed by atoms with Crippen LogP contribution in [0.3, 0.4) is 0 Å². The van der Waals surface area contributed by atoms with Crippen LogP contribution in [0.25, 0.3) is 0 Å². The Kier molecular flexibility index (Phi) is 4.06. The lowest BCUT2D eigenvalue weighted by atomic mass is 9.98. The molecule has 3 aliphatic rings. The Morgan fingerprint density at radius 3 is 2.43 bits per heavy atom. The molecular weight excluding hydrogens is 270 g/mol. The number of urea groups is 1. The van der Waals surface area contributed by atoms with Crippen LogP contribution < -0.4 is 0 Å². The lowest BCUT2D eigenvalue weighted by molar-refractivity contribution is -0.151. The van der Waals surface area contributed by atoms with Crippen LogP contribution >= 0.6 is 0 Å². The van der Waals surface area contributed by atoms with E-state index in [9.17, 15) is 9.59 Å². The topological polar surface area (TPSA) is 53.1 Å². The lowest BCUT2D eigenvalue weighted by Gasteiger charge is -2.37. The Morgan fingerprint density at radius 1 is 1.05 bits per heavy atom. The molecule has 3 saturated heterocycles. The molecule has 3 rings (SSSR count). The fraction of sp³-hybridized carbons (Fsp3) is 0.867. The van der Waals surface area contributed by atoms with E-state index in [1.807, 2.05) is 9.80 Å². The van der Waals surface area contributed by atoms with Gasteiger partial charge in [0.25, 0.3) is 5.91 Å². The third-order valence-electron chi connectivity index (χ3n) is 4.89. The molecule has 3 atom stereocenters. The average molecular weight is 295 g/mol. The highest BCUT2D eigenvalue weighted by Gasteiger charge is 2.44. The number of nitrogens with zero attached hydrogens (tertiary/aromatic N) is 3. The third kappa shape index (κ3) is 2.73. The minimum absolute atomic E-state index is 0.0270. The molecule has 3 fully saturated rings. The van der Waals surface area contributed by atoms with E-state index in [1.165, 1.54) is 0 Å². The summed E-state index contributed by atoms with van der Waals surface area (Å²) >= 11 is 0. The van der Waals surface area contributed by atoms with Gasteiger partial charge in [0.2, 0.25) is 0 Å². The van der Waals surface area contributed by atoms with Gasteiger partial charge in [0.05, 0.1) is 12.1 Å². The smallest absolute Gasteiger partial charge is 0.320 e. The quantitative estimate of drug-likeness (QED) is 0.722. The summed E-state index contributed by atoms with van der Waals surface area (Å²) in [5.41, 5.74) is 0. The Bertz CT molecular complexity index is 420. The molecule has 21 heavy (non-hydrogen) atoms. The van der Waals surface area contributed by atoms with E-state index in [2.05, 4.69) is 0 Å². The van der Waals surface area contributed by atoms with Crippen LogP contribution in [0.15, 0.2) is 0 Å². The van der Waals surface area contributed by atoms with Crippen molar-refractivity contribution < 1.29 is 14.3 Å². The van der Waals surface area contributed by atoms with Gasteiger partial charge in [0, 0.05) is 33.7 Å². The Hall–Kier alpha value is -1.30. The molecule has 0 aliphatic carbocycles. The predicted molar refractivity (Wildman–Crippen MR) is 77.9 cm³/mol. The van der Waals surface area contributed by atoms with Crippen molar-refractivity contribution in [2.24, 2.45) is 0 Å². The second-order valence-electron chi connectivity index (χ2n) is 6.50. The Morgan fingerprint density at radius 2 is 1.76 bits per heavy atom. The standard InChI is InChI=1S/C15H25N3O3/c1-16(2)14(19)13-6-5-11-12(21-13)7-10-18(11)15(20)17-8-3-4-9-17/h11-13H,3-10H2,1-2H3/t11-,12-,13-/m0/s1. The molecule has 0 bridgehead atoms. The number of likely N-dealkylation sites (tertiary alicyclic amines) is 2. The van der Waals surface area contributed by atoms with Crippen molar-refractivity contribution >= 4 is 11.9 Å². The van der Waals surface area contributed by atoms with Crippen molar-refractivity contribution in [1.82, 2.24) is 14.7 Å². The van der Waals surface area contributed by atoms with Crippen LogP contribution in [0.2, 0.25) is 0 Å². The third-order valence-corrected chi connectivity index (χ3v) is 4.89. The van der Waals surface area contributed by atoms with Crippen LogP contribution in [0.5, 0.6) is 0 Å². The first-order chi connectivity index (χ1) is 10.1. The highest BCUT2D eigenvalue weighted by molar-refractivity contribution is 5.80. The van der Waals surface area contributed by atoms with Gasteiger partial charge in [-0.2, -0.15) is 0 Å². The van der Waals surface area contributed by atoms with Gasteiger partial charge in [0.15, 0.2) is 0 Å². The SMILES string of the molecule is CN(C)C(=O)[C@@H]1CC[C@H]2[C@H](CCN2C(=O)N2CCCC2)O1. The molecule has 6 heteroatoms. The molecule has 0 radical (unpaired) electrons. The normalized spacial score (nSPS) is 32.2. The Labute approximate surface area is 126 Å². The van der Waals surface area contributed by atoms with Crippen molar-refractivity contribution in [2.75, 3.05) is 33.7 Å². The number of amides is 3. The van der Waals surface area contributed by atoms with Crippen LogP contribution in [0.1, 0.15) is 32.1 Å². The van der Waals surface area contributed by atoms with E-state index in [0.29, 0.717) is 6.42 Å². The van der Waals surface area contributed by atoms with E-state index < -0.39 is 0 Å². The van der Waals surface area contributed by atoms with Gasteiger partial charge in [-0.3, -0.25) is 4.79 Å². The summed E-state index contributed by atoms with van der Waals surface area (Å²) in [6.45, 7) is 2.53. The minimum atomic E-state index is -0.330. The second kappa shape index (κ2) is 5.83. The van der Waals surface area contributed by atoms with Gasteiger partial charge in [-0.25, -0.2) is 4.79 Å². The zero-order valence-corrected chi connectivity index (χ0v) is 13.0. The van der Waals surface area contributed by atoms with Gasteiger partial charge < -0.3 is 19.4 Å². The van der Waals surface area contributed by atoms with Crippen LogP contribution in [0.4, 0.5) is 4.79 Å². The monoisotopic (exact) mass is 295 g/mol. The number of rotatable bonds is 1. The lowest BCUT2D eigenvalue weighted by Crippen LogP contribution is -2.51. The van der Waals surface area contributed by atoms with Gasteiger partial charge in [-0.15, -0.1) is 0 Å². The summed E-state index contributed by atoms with van der Waals surface area (Å²) in [5, 5.41) is 0. The minimum Gasteiger partial charge on any atom is -0.363 e. The summed E-state index contributed by atoms with van der Waals surface area (Å²) < 4.78 is 5.97. The molecule has 0 spiro atoms. The van der Waals surface area contributed by atoms with E-state index in [4.69, 9.17) is 4.74 Å². The second-order valence-corrected chi connectivity index (χ2v) is 6.50. The van der Waals surface area contributed by atoms with E-state index in [0.717, 1.165) is 45.3 Å². The Balaban J connectivity index is 1.61. The molecule has 0 saturated carbocycles. The first-order valence-corrected chi connectivity index (χ1v) is 8.00. The highest BCUT2D eigenvalue weighted by Crippen LogP contribution is 2.33. The van der Waals surface area contributed by atoms with Crippen LogP contribution in [-0.2, 0) is 9.53 Å². The summed E-state index contributed by atoms with van der Waals surface area (Å²) in [7, 11) is 3.52. The van der Waals surface area contributed by atoms with E-state index >= 15 is 0 Å². The molecule has 3 amide bonds. The first kappa shape index (κ1) is 14.6. The van der Waals surface area contributed by atoms with Crippen molar-refractivity contribution in [1.29, 1.82) is 0 Å². The maximum Gasteiger partial charge on any atom is 0.320 e. The molecule has 118 valence electrons. The number of fused-ring (bicyclic) bond motifs is 1. The first-order valence-electron chi connectivity index (χ1n) is 8.00. The summed E-state index contributed by atoms with van der Waals surface area (Å²) in [6, 6.07) is 0.324. The van der Waals surface area contributed by atoms with Crippen molar-refractivity contribution in [3.8, 4) is 0 Å². The zero-order chi connectivity index (χ0) is 15.0. The summed E-state index contributed by atoms with van der Waals surface area (Å²) in [6.07, 6.45) is 4.35. The molecule has 0 aromatic rings. The molecular formula is C15H25N3O3. The number of ether oxygens (including phenoxy) is 1.